The zero-order chi connectivity index (χ0) is 14.9. The van der Waals surface area contributed by atoms with Gasteiger partial charge in [-0.15, -0.1) is 0 Å². The fourth-order valence-electron chi connectivity index (χ4n) is 1.41. The predicted octanol–water partition coefficient (Wildman–Crippen LogP) is 1.88. The second-order valence-corrected chi connectivity index (χ2v) is 5.42. The Kier molecular flexibility index (Phi) is 3.53. The van der Waals surface area contributed by atoms with Crippen molar-refractivity contribution in [3.05, 3.63) is 48.0 Å². The molecule has 20 heavy (non-hydrogen) atoms. The second-order valence-electron chi connectivity index (χ2n) is 3.77. The number of nitrogens with one attached hydrogen (secondary N) is 1. The van der Waals surface area contributed by atoms with E-state index in [0.717, 1.165) is 18.5 Å². The minimum Gasteiger partial charge on any atom is -0.396 e. The highest BCUT2D eigenvalue weighted by molar-refractivity contribution is 7.92. The number of nitrogens with zero attached hydrogens (tertiary/aromatic N) is 1. The summed E-state index contributed by atoms with van der Waals surface area (Å²) in [6.07, 6.45) is 1.93. The number of nitrogens with two attached hydrogens (primary N) is 1. The Morgan fingerprint density at radius 2 is 1.80 bits per heavy atom. The minimum absolute atomic E-state index is 0.340. The molecule has 0 unspecified atom stereocenters. The SMILES string of the molecule is Nc1cc(S(=O)(=O)Nc2ccncc2F)c(F)cc1F. The van der Waals surface area contributed by atoms with Crippen LogP contribution in [0.25, 0.3) is 0 Å². The molecule has 9 heteroatoms. The van der Waals surface area contributed by atoms with Crippen molar-refractivity contribution < 1.29 is 21.6 Å². The summed E-state index contributed by atoms with van der Waals surface area (Å²) in [7, 11) is -4.45. The summed E-state index contributed by atoms with van der Waals surface area (Å²) < 4.78 is 65.5. The van der Waals surface area contributed by atoms with Crippen LogP contribution in [0, 0.1) is 17.5 Å². The van der Waals surface area contributed by atoms with E-state index in [9.17, 15) is 21.6 Å². The average molecular weight is 303 g/mol. The molecule has 0 aliphatic heterocycles. The molecule has 0 saturated heterocycles. The van der Waals surface area contributed by atoms with Crippen LogP contribution in [0.4, 0.5) is 24.5 Å². The average Bonchev–Trinajstić information content (AvgIpc) is 2.36. The molecule has 0 bridgehead atoms. The maximum absolute atomic E-state index is 13.5. The van der Waals surface area contributed by atoms with Gasteiger partial charge < -0.3 is 5.73 Å². The van der Waals surface area contributed by atoms with Gasteiger partial charge in [0.15, 0.2) is 5.82 Å². The number of hydrogen-bond acceptors (Lipinski definition) is 4. The number of pyridine rings is 1. The highest BCUT2D eigenvalue weighted by atomic mass is 32.2. The van der Waals surface area contributed by atoms with Crippen molar-refractivity contribution in [2.45, 2.75) is 4.90 Å². The molecule has 0 aliphatic carbocycles. The number of anilines is 2. The lowest BCUT2D eigenvalue weighted by molar-refractivity contribution is 0.552. The summed E-state index contributed by atoms with van der Waals surface area (Å²) in [5.41, 5.74) is 4.24. The van der Waals surface area contributed by atoms with Gasteiger partial charge >= 0.3 is 0 Å². The van der Waals surface area contributed by atoms with E-state index in [4.69, 9.17) is 5.73 Å². The van der Waals surface area contributed by atoms with Crippen LogP contribution in [0.1, 0.15) is 0 Å². The maximum Gasteiger partial charge on any atom is 0.264 e. The monoisotopic (exact) mass is 303 g/mol. The first-order chi connectivity index (χ1) is 9.31. The van der Waals surface area contributed by atoms with Gasteiger partial charge in [-0.05, 0) is 12.1 Å². The summed E-state index contributed by atoms with van der Waals surface area (Å²) in [6, 6.07) is 2.01. The van der Waals surface area contributed by atoms with Crippen molar-refractivity contribution in [1.82, 2.24) is 4.98 Å². The molecule has 2 rings (SSSR count). The molecular weight excluding hydrogens is 295 g/mol. The van der Waals surface area contributed by atoms with E-state index in [1.54, 1.807) is 0 Å². The Bertz CT molecular complexity index is 766. The number of halogens is 3. The highest BCUT2D eigenvalue weighted by Crippen LogP contribution is 2.24. The fourth-order valence-corrected chi connectivity index (χ4v) is 2.57. The first kappa shape index (κ1) is 14.1. The molecule has 3 N–H and O–H groups in total. The van der Waals surface area contributed by atoms with Gasteiger partial charge in [0.1, 0.15) is 16.5 Å². The first-order valence-electron chi connectivity index (χ1n) is 5.18. The summed E-state index contributed by atoms with van der Waals surface area (Å²) >= 11 is 0. The third-order valence-corrected chi connectivity index (χ3v) is 3.74. The van der Waals surface area contributed by atoms with Gasteiger partial charge in [0.2, 0.25) is 0 Å². The van der Waals surface area contributed by atoms with Crippen LogP contribution in [0.2, 0.25) is 0 Å². The molecule has 0 saturated carbocycles. The summed E-state index contributed by atoms with van der Waals surface area (Å²) in [4.78, 5) is 2.56. The molecule has 5 nitrogen and oxygen atoms in total. The van der Waals surface area contributed by atoms with Crippen molar-refractivity contribution in [2.24, 2.45) is 0 Å². The third-order valence-electron chi connectivity index (χ3n) is 2.36. The van der Waals surface area contributed by atoms with Crippen LogP contribution >= 0.6 is 0 Å². The van der Waals surface area contributed by atoms with E-state index >= 15 is 0 Å². The number of aromatic nitrogens is 1. The zero-order valence-electron chi connectivity index (χ0n) is 9.77. The molecule has 1 aromatic carbocycles. The molecule has 0 atom stereocenters. The second kappa shape index (κ2) is 5.00. The minimum atomic E-state index is -4.45. The number of hydrogen-bond donors (Lipinski definition) is 2. The van der Waals surface area contributed by atoms with Gasteiger partial charge in [-0.3, -0.25) is 9.71 Å². The van der Waals surface area contributed by atoms with Crippen LogP contribution in [-0.2, 0) is 10.0 Å². The Labute approximate surface area is 112 Å². The van der Waals surface area contributed by atoms with Gasteiger partial charge in [-0.25, -0.2) is 21.6 Å². The van der Waals surface area contributed by atoms with Crippen molar-refractivity contribution >= 4 is 21.4 Å². The van der Waals surface area contributed by atoms with E-state index < -0.39 is 43.7 Å². The van der Waals surface area contributed by atoms with E-state index in [1.165, 1.54) is 0 Å². The molecule has 2 aromatic rings. The lowest BCUT2D eigenvalue weighted by Gasteiger charge is -2.10. The van der Waals surface area contributed by atoms with Crippen LogP contribution in [-0.4, -0.2) is 13.4 Å². The van der Waals surface area contributed by atoms with Gasteiger partial charge in [-0.1, -0.05) is 0 Å². The van der Waals surface area contributed by atoms with Crippen LogP contribution in [0.15, 0.2) is 35.5 Å². The molecule has 0 spiro atoms. The van der Waals surface area contributed by atoms with E-state index in [1.807, 2.05) is 4.72 Å². The number of benzene rings is 1. The summed E-state index contributed by atoms with van der Waals surface area (Å²) in [5.74, 6) is -3.36. The molecule has 1 aromatic heterocycles. The quantitative estimate of drug-likeness (QED) is 0.848. The zero-order valence-corrected chi connectivity index (χ0v) is 10.6. The first-order valence-corrected chi connectivity index (χ1v) is 6.66. The van der Waals surface area contributed by atoms with Crippen molar-refractivity contribution in [1.29, 1.82) is 0 Å². The van der Waals surface area contributed by atoms with Gasteiger partial charge in [0, 0.05) is 12.3 Å². The largest absolute Gasteiger partial charge is 0.396 e. The molecule has 1 heterocycles. The normalized spacial score (nSPS) is 11.3. The van der Waals surface area contributed by atoms with E-state index in [2.05, 4.69) is 4.98 Å². The van der Waals surface area contributed by atoms with Gasteiger partial charge in [0.05, 0.1) is 17.6 Å². The Morgan fingerprint density at radius 1 is 1.10 bits per heavy atom. The molecule has 0 fully saturated rings. The smallest absolute Gasteiger partial charge is 0.264 e. The predicted molar refractivity (Wildman–Crippen MR) is 65.8 cm³/mol. The van der Waals surface area contributed by atoms with Crippen molar-refractivity contribution in [3.63, 3.8) is 0 Å². The summed E-state index contributed by atoms with van der Waals surface area (Å²) in [6.45, 7) is 0. The number of nitrogen functional groups attached to an aromatic ring is 1. The van der Waals surface area contributed by atoms with Crippen LogP contribution < -0.4 is 10.5 Å². The lowest BCUT2D eigenvalue weighted by atomic mass is 10.3. The van der Waals surface area contributed by atoms with Gasteiger partial charge in [-0.2, -0.15) is 0 Å². The molecule has 0 amide bonds. The Hall–Kier alpha value is -2.29. The summed E-state index contributed by atoms with van der Waals surface area (Å²) in [5, 5.41) is 0. The molecule has 0 radical (unpaired) electrons. The number of rotatable bonds is 3. The molecule has 106 valence electrons. The number of sulfonamides is 1. The third kappa shape index (κ3) is 2.67. The van der Waals surface area contributed by atoms with Crippen LogP contribution in [0.3, 0.4) is 0 Å². The molecular formula is C11H8F3N3O2S. The molecule has 0 aliphatic rings. The van der Waals surface area contributed by atoms with Crippen molar-refractivity contribution in [3.8, 4) is 0 Å². The van der Waals surface area contributed by atoms with E-state index in [-0.39, 0.29) is 0 Å². The standard InChI is InChI=1S/C11H8F3N3O2S/c12-6-3-7(13)11(4-9(6)15)20(18,19)17-10-1-2-16-5-8(10)14/h1-5H,15H2,(H,16,17). The highest BCUT2D eigenvalue weighted by Gasteiger charge is 2.22. The van der Waals surface area contributed by atoms with Crippen molar-refractivity contribution in [2.75, 3.05) is 10.5 Å². The fraction of sp³-hybridized carbons (Fsp3) is 0. The Balaban J connectivity index is 2.47. The topological polar surface area (TPSA) is 85.1 Å². The van der Waals surface area contributed by atoms with Crippen LogP contribution in [0.5, 0.6) is 0 Å². The Morgan fingerprint density at radius 3 is 2.45 bits per heavy atom. The van der Waals surface area contributed by atoms with Gasteiger partial charge in [0.25, 0.3) is 10.0 Å². The maximum atomic E-state index is 13.5. The lowest BCUT2D eigenvalue weighted by Crippen LogP contribution is -2.16. The van der Waals surface area contributed by atoms with E-state index in [0.29, 0.717) is 12.1 Å².